The van der Waals surface area contributed by atoms with Crippen molar-refractivity contribution in [3.8, 4) is 11.5 Å². The number of amides is 1. The predicted octanol–water partition coefficient (Wildman–Crippen LogP) is 3.74. The Labute approximate surface area is 154 Å². The fraction of sp³-hybridized carbons (Fsp3) is 0.176. The lowest BCUT2D eigenvalue weighted by Gasteiger charge is -2.08. The number of hydrogen-bond acceptors (Lipinski definition) is 5. The second-order valence-electron chi connectivity index (χ2n) is 5.09. The van der Waals surface area contributed by atoms with E-state index in [0.717, 1.165) is 5.69 Å². The molecule has 1 N–H and O–H groups in total. The number of carbonyl (C=O) groups excluding carboxylic acids is 1. The van der Waals surface area contributed by atoms with Crippen molar-refractivity contribution in [2.75, 3.05) is 11.1 Å². The minimum Gasteiger partial charge on any atom is -0.325 e. The van der Waals surface area contributed by atoms with Crippen LogP contribution in [-0.4, -0.2) is 31.4 Å². The van der Waals surface area contributed by atoms with Crippen molar-refractivity contribution >= 4 is 35.0 Å². The Morgan fingerprint density at radius 2 is 2.00 bits per heavy atom. The van der Waals surface area contributed by atoms with Gasteiger partial charge in [0.05, 0.1) is 10.8 Å². The number of nitrogens with zero attached hydrogens (tertiary/aromatic N) is 4. The van der Waals surface area contributed by atoms with E-state index in [-0.39, 0.29) is 11.7 Å². The lowest BCUT2D eigenvalue weighted by molar-refractivity contribution is -0.113. The average Bonchev–Trinajstić information content (AvgIpc) is 3.04. The number of halogens is 1. The molecule has 25 heavy (non-hydrogen) atoms. The highest BCUT2D eigenvalue weighted by Gasteiger charge is 2.17. The lowest BCUT2D eigenvalue weighted by Crippen LogP contribution is -2.14. The molecular weight excluding hydrogens is 358 g/mol. The first-order chi connectivity index (χ1) is 12.2. The van der Waals surface area contributed by atoms with Crippen LogP contribution in [0, 0.1) is 0 Å². The second kappa shape index (κ2) is 8.13. The van der Waals surface area contributed by atoms with Crippen LogP contribution in [0.3, 0.4) is 0 Å². The maximum absolute atomic E-state index is 12.1. The van der Waals surface area contributed by atoms with Gasteiger partial charge in [0.25, 0.3) is 0 Å². The third kappa shape index (κ3) is 4.18. The first-order valence-corrected chi connectivity index (χ1v) is 9.07. The van der Waals surface area contributed by atoms with Gasteiger partial charge in [-0.1, -0.05) is 41.6 Å². The number of aromatic nitrogens is 4. The maximum Gasteiger partial charge on any atom is 0.234 e. The summed E-state index contributed by atoms with van der Waals surface area (Å²) in [5.41, 5.74) is 1.35. The van der Waals surface area contributed by atoms with Gasteiger partial charge in [0, 0.05) is 18.4 Å². The van der Waals surface area contributed by atoms with Crippen LogP contribution in [-0.2, 0) is 11.3 Å². The molecule has 0 saturated heterocycles. The van der Waals surface area contributed by atoms with Crippen molar-refractivity contribution < 1.29 is 4.79 Å². The van der Waals surface area contributed by atoms with E-state index < -0.39 is 0 Å². The smallest absolute Gasteiger partial charge is 0.234 e. The van der Waals surface area contributed by atoms with Crippen molar-refractivity contribution in [2.24, 2.45) is 0 Å². The number of rotatable bonds is 6. The molecule has 2 heterocycles. The zero-order valence-corrected chi connectivity index (χ0v) is 15.1. The number of hydrogen-bond donors (Lipinski definition) is 1. The summed E-state index contributed by atoms with van der Waals surface area (Å²) in [4.78, 5) is 16.4. The summed E-state index contributed by atoms with van der Waals surface area (Å²) in [6, 6.07) is 12.9. The molecule has 0 saturated carbocycles. The van der Waals surface area contributed by atoms with Gasteiger partial charge in [-0.2, -0.15) is 0 Å². The van der Waals surface area contributed by atoms with Crippen molar-refractivity contribution in [3.63, 3.8) is 0 Å². The van der Waals surface area contributed by atoms with Gasteiger partial charge in [-0.25, -0.2) is 0 Å². The minimum atomic E-state index is -0.0979. The highest BCUT2D eigenvalue weighted by molar-refractivity contribution is 7.99. The highest BCUT2D eigenvalue weighted by atomic mass is 35.5. The van der Waals surface area contributed by atoms with E-state index in [2.05, 4.69) is 20.5 Å². The first kappa shape index (κ1) is 17.4. The highest BCUT2D eigenvalue weighted by Crippen LogP contribution is 2.27. The van der Waals surface area contributed by atoms with Gasteiger partial charge >= 0.3 is 0 Å². The molecular formula is C17H16ClN5OS. The Morgan fingerprint density at radius 3 is 2.72 bits per heavy atom. The Balaban J connectivity index is 1.71. The molecule has 2 aromatic heterocycles. The molecule has 0 aliphatic carbocycles. The van der Waals surface area contributed by atoms with Crippen molar-refractivity contribution in [3.05, 3.63) is 53.7 Å². The summed E-state index contributed by atoms with van der Waals surface area (Å²) in [5, 5.41) is 12.4. The van der Waals surface area contributed by atoms with Gasteiger partial charge in [-0.15, -0.1) is 10.2 Å². The molecule has 0 aliphatic rings. The molecule has 3 aromatic rings. The molecule has 1 amide bonds. The third-order valence-corrected chi connectivity index (χ3v) is 4.67. The topological polar surface area (TPSA) is 72.7 Å². The minimum absolute atomic E-state index is 0.0979. The van der Waals surface area contributed by atoms with Crippen LogP contribution < -0.4 is 5.32 Å². The van der Waals surface area contributed by atoms with Gasteiger partial charge in [0.2, 0.25) is 5.91 Å². The SMILES string of the molecule is CCn1c(SCC(=O)Nc2ccccc2)nnc1-c1ncccc1Cl. The summed E-state index contributed by atoms with van der Waals surface area (Å²) in [6.45, 7) is 2.63. The van der Waals surface area contributed by atoms with Crippen LogP contribution >= 0.6 is 23.4 Å². The van der Waals surface area contributed by atoms with Crippen LogP contribution in [0.5, 0.6) is 0 Å². The van der Waals surface area contributed by atoms with Crippen molar-refractivity contribution in [2.45, 2.75) is 18.6 Å². The van der Waals surface area contributed by atoms with Gasteiger partial charge in [0.1, 0.15) is 5.69 Å². The molecule has 0 aliphatic heterocycles. The fourth-order valence-corrected chi connectivity index (χ4v) is 3.26. The number of anilines is 1. The first-order valence-electron chi connectivity index (χ1n) is 7.71. The van der Waals surface area contributed by atoms with Gasteiger partial charge in [0.15, 0.2) is 11.0 Å². The average molecular weight is 374 g/mol. The summed E-state index contributed by atoms with van der Waals surface area (Å²) >= 11 is 7.53. The molecule has 0 unspecified atom stereocenters. The Hall–Kier alpha value is -2.38. The van der Waals surface area contributed by atoms with E-state index in [1.807, 2.05) is 41.8 Å². The van der Waals surface area contributed by atoms with Crippen LogP contribution in [0.4, 0.5) is 5.69 Å². The molecule has 0 spiro atoms. The number of carbonyl (C=O) groups is 1. The zero-order chi connectivity index (χ0) is 17.6. The third-order valence-electron chi connectivity index (χ3n) is 3.39. The summed E-state index contributed by atoms with van der Waals surface area (Å²) in [6.07, 6.45) is 1.66. The van der Waals surface area contributed by atoms with Crippen LogP contribution in [0.2, 0.25) is 5.02 Å². The fourth-order valence-electron chi connectivity index (χ4n) is 2.25. The quantitative estimate of drug-likeness (QED) is 0.666. The molecule has 0 fully saturated rings. The molecule has 8 heteroatoms. The molecule has 0 bridgehead atoms. The predicted molar refractivity (Wildman–Crippen MR) is 99.7 cm³/mol. The lowest BCUT2D eigenvalue weighted by atomic mass is 10.3. The summed E-state index contributed by atoms with van der Waals surface area (Å²) in [7, 11) is 0. The number of para-hydroxylation sites is 1. The Bertz CT molecular complexity index is 868. The molecule has 1 aromatic carbocycles. The molecule has 0 atom stereocenters. The van der Waals surface area contributed by atoms with E-state index >= 15 is 0 Å². The normalized spacial score (nSPS) is 10.6. The number of nitrogens with one attached hydrogen (secondary N) is 1. The Kier molecular flexibility index (Phi) is 5.67. The molecule has 0 radical (unpaired) electrons. The van der Waals surface area contributed by atoms with E-state index in [1.54, 1.807) is 18.3 Å². The standard InChI is InChI=1S/C17H16ClN5OS/c1-2-23-16(15-13(18)9-6-10-19-15)21-22-17(23)25-11-14(24)20-12-7-4-3-5-8-12/h3-10H,2,11H2,1H3,(H,20,24). The van der Waals surface area contributed by atoms with Crippen LogP contribution in [0.15, 0.2) is 53.8 Å². The summed E-state index contributed by atoms with van der Waals surface area (Å²) in [5.74, 6) is 0.738. The van der Waals surface area contributed by atoms with Gasteiger partial charge in [-0.3, -0.25) is 9.78 Å². The molecule has 128 valence electrons. The number of benzene rings is 1. The largest absolute Gasteiger partial charge is 0.325 e. The van der Waals surface area contributed by atoms with E-state index in [4.69, 9.17) is 11.6 Å². The summed E-state index contributed by atoms with van der Waals surface area (Å²) < 4.78 is 1.90. The van der Waals surface area contributed by atoms with E-state index in [1.165, 1.54) is 11.8 Å². The van der Waals surface area contributed by atoms with Gasteiger partial charge in [-0.05, 0) is 31.2 Å². The monoisotopic (exact) mass is 373 g/mol. The second-order valence-corrected chi connectivity index (χ2v) is 6.44. The Morgan fingerprint density at radius 1 is 1.20 bits per heavy atom. The molecule has 3 rings (SSSR count). The van der Waals surface area contributed by atoms with Crippen LogP contribution in [0.1, 0.15) is 6.92 Å². The van der Waals surface area contributed by atoms with Crippen LogP contribution in [0.25, 0.3) is 11.5 Å². The zero-order valence-electron chi connectivity index (χ0n) is 13.5. The van der Waals surface area contributed by atoms with Gasteiger partial charge < -0.3 is 9.88 Å². The molecule has 6 nitrogen and oxygen atoms in total. The van der Waals surface area contributed by atoms with Crippen molar-refractivity contribution in [1.29, 1.82) is 0 Å². The number of thioether (sulfide) groups is 1. The van der Waals surface area contributed by atoms with E-state index in [0.29, 0.717) is 28.2 Å². The maximum atomic E-state index is 12.1. The van der Waals surface area contributed by atoms with E-state index in [9.17, 15) is 4.79 Å². The van der Waals surface area contributed by atoms with Crippen molar-refractivity contribution in [1.82, 2.24) is 19.7 Å². The number of pyridine rings is 1.